The summed E-state index contributed by atoms with van der Waals surface area (Å²) >= 11 is 0. The summed E-state index contributed by atoms with van der Waals surface area (Å²) in [4.78, 5) is 2.38. The van der Waals surface area contributed by atoms with Gasteiger partial charge in [0.25, 0.3) is 0 Å². The van der Waals surface area contributed by atoms with Crippen molar-refractivity contribution in [3.05, 3.63) is 30.3 Å². The summed E-state index contributed by atoms with van der Waals surface area (Å²) < 4.78 is 0. The molecule has 1 aromatic carbocycles. The summed E-state index contributed by atoms with van der Waals surface area (Å²) in [6.07, 6.45) is 2.98. The number of likely N-dealkylation sites (tertiary alicyclic amines) is 1. The molecule has 0 atom stereocenters. The average Bonchev–Trinajstić information content (AvgIpc) is 2.39. The third kappa shape index (κ3) is 3.76. The van der Waals surface area contributed by atoms with Crippen LogP contribution in [0.3, 0.4) is 0 Å². The molecule has 1 heterocycles. The number of hydrogen-bond acceptors (Lipinski definition) is 3. The zero-order valence-electron chi connectivity index (χ0n) is 10.1. The second kappa shape index (κ2) is 6.27. The van der Waals surface area contributed by atoms with Crippen LogP contribution < -0.4 is 5.32 Å². The molecule has 2 rings (SSSR count). The number of nitriles is 1. The average molecular weight is 229 g/mol. The van der Waals surface area contributed by atoms with Crippen LogP contribution in [-0.2, 0) is 0 Å². The van der Waals surface area contributed by atoms with E-state index in [1.165, 1.54) is 18.5 Å². The van der Waals surface area contributed by atoms with Crippen molar-refractivity contribution in [2.75, 3.05) is 25.0 Å². The molecule has 3 heteroatoms. The third-order valence-electron chi connectivity index (χ3n) is 3.27. The fourth-order valence-corrected chi connectivity index (χ4v) is 2.28. The fourth-order valence-electron chi connectivity index (χ4n) is 2.28. The molecule has 1 aliphatic heterocycles. The van der Waals surface area contributed by atoms with Gasteiger partial charge in [0.2, 0.25) is 0 Å². The molecule has 0 amide bonds. The van der Waals surface area contributed by atoms with Crippen LogP contribution in [0, 0.1) is 11.3 Å². The molecule has 0 radical (unpaired) electrons. The number of para-hydroxylation sites is 1. The molecule has 3 nitrogen and oxygen atoms in total. The Morgan fingerprint density at radius 3 is 2.59 bits per heavy atom. The largest absolute Gasteiger partial charge is 0.382 e. The first-order valence-electron chi connectivity index (χ1n) is 6.29. The van der Waals surface area contributed by atoms with Crippen LogP contribution in [-0.4, -0.2) is 30.6 Å². The second-order valence-corrected chi connectivity index (χ2v) is 4.53. The summed E-state index contributed by atoms with van der Waals surface area (Å²) in [6, 6.07) is 13.2. The van der Waals surface area contributed by atoms with Crippen LogP contribution in [0.15, 0.2) is 30.3 Å². The van der Waals surface area contributed by atoms with Gasteiger partial charge in [0.15, 0.2) is 0 Å². The lowest BCUT2D eigenvalue weighted by Gasteiger charge is -2.32. The van der Waals surface area contributed by atoms with Crippen molar-refractivity contribution in [1.82, 2.24) is 4.90 Å². The third-order valence-corrected chi connectivity index (χ3v) is 3.27. The maximum absolute atomic E-state index is 8.55. The summed E-state index contributed by atoms with van der Waals surface area (Å²) in [5.74, 6) is 0. The summed E-state index contributed by atoms with van der Waals surface area (Å²) in [5, 5.41) is 12.1. The van der Waals surface area contributed by atoms with Crippen molar-refractivity contribution in [3.63, 3.8) is 0 Å². The first-order chi connectivity index (χ1) is 8.38. The van der Waals surface area contributed by atoms with Crippen molar-refractivity contribution in [1.29, 1.82) is 5.26 Å². The zero-order valence-corrected chi connectivity index (χ0v) is 10.1. The number of anilines is 1. The molecule has 1 aliphatic rings. The Morgan fingerprint density at radius 2 is 1.94 bits per heavy atom. The first kappa shape index (κ1) is 11.9. The molecular weight excluding hydrogens is 210 g/mol. The van der Waals surface area contributed by atoms with Gasteiger partial charge in [0.1, 0.15) is 0 Å². The Morgan fingerprint density at radius 1 is 1.24 bits per heavy atom. The lowest BCUT2D eigenvalue weighted by Crippen LogP contribution is -2.39. The van der Waals surface area contributed by atoms with Gasteiger partial charge in [0, 0.05) is 37.8 Å². The smallest absolute Gasteiger partial charge is 0.0635 e. The minimum absolute atomic E-state index is 0.579. The van der Waals surface area contributed by atoms with E-state index in [1.54, 1.807) is 0 Å². The Hall–Kier alpha value is -1.53. The molecule has 1 aromatic rings. The van der Waals surface area contributed by atoms with Gasteiger partial charge in [-0.2, -0.15) is 5.26 Å². The van der Waals surface area contributed by atoms with E-state index in [4.69, 9.17) is 5.26 Å². The van der Waals surface area contributed by atoms with Gasteiger partial charge in [-0.05, 0) is 25.0 Å². The Balaban J connectivity index is 1.74. The van der Waals surface area contributed by atoms with Crippen molar-refractivity contribution < 1.29 is 0 Å². The van der Waals surface area contributed by atoms with Gasteiger partial charge < -0.3 is 10.2 Å². The number of nitrogens with one attached hydrogen (secondary N) is 1. The lowest BCUT2D eigenvalue weighted by atomic mass is 10.0. The molecule has 90 valence electrons. The van der Waals surface area contributed by atoms with Crippen LogP contribution in [0.25, 0.3) is 0 Å². The minimum Gasteiger partial charge on any atom is -0.382 e. The predicted octanol–water partition coefficient (Wildman–Crippen LogP) is 2.48. The highest BCUT2D eigenvalue weighted by molar-refractivity contribution is 5.43. The van der Waals surface area contributed by atoms with Crippen LogP contribution in [0.4, 0.5) is 5.69 Å². The van der Waals surface area contributed by atoms with Crippen molar-refractivity contribution in [3.8, 4) is 6.07 Å². The van der Waals surface area contributed by atoms with Crippen molar-refractivity contribution in [2.24, 2.45) is 0 Å². The van der Waals surface area contributed by atoms with E-state index in [1.807, 2.05) is 6.07 Å². The zero-order chi connectivity index (χ0) is 11.9. The van der Waals surface area contributed by atoms with Gasteiger partial charge in [-0.1, -0.05) is 18.2 Å². The second-order valence-electron chi connectivity index (χ2n) is 4.53. The van der Waals surface area contributed by atoms with E-state index >= 15 is 0 Å². The number of rotatable bonds is 4. The Kier molecular flexibility index (Phi) is 4.40. The standard InChI is InChI=1S/C14H19N3/c15-9-4-10-17-11-7-14(8-12-17)16-13-5-2-1-3-6-13/h1-3,5-6,14,16H,4,7-8,10-12H2. The molecule has 1 saturated heterocycles. The maximum atomic E-state index is 8.55. The Bertz CT molecular complexity index is 361. The SMILES string of the molecule is N#CCCN1CCC(Nc2ccccc2)CC1. The van der Waals surface area contributed by atoms with E-state index in [0.717, 1.165) is 19.6 Å². The fraction of sp³-hybridized carbons (Fsp3) is 0.500. The quantitative estimate of drug-likeness (QED) is 0.862. The molecule has 0 unspecified atom stereocenters. The number of nitrogens with zero attached hydrogens (tertiary/aromatic N) is 2. The van der Waals surface area contributed by atoms with Crippen LogP contribution in [0.5, 0.6) is 0 Å². The highest BCUT2D eigenvalue weighted by atomic mass is 15.1. The number of piperidine rings is 1. The van der Waals surface area contributed by atoms with E-state index in [0.29, 0.717) is 12.5 Å². The van der Waals surface area contributed by atoms with Gasteiger partial charge in [0.05, 0.1) is 6.07 Å². The first-order valence-corrected chi connectivity index (χ1v) is 6.29. The number of hydrogen-bond donors (Lipinski definition) is 1. The topological polar surface area (TPSA) is 39.1 Å². The highest BCUT2D eigenvalue weighted by Gasteiger charge is 2.18. The monoisotopic (exact) mass is 229 g/mol. The molecule has 0 aromatic heterocycles. The molecule has 0 saturated carbocycles. The normalized spacial score (nSPS) is 17.6. The molecule has 0 bridgehead atoms. The molecular formula is C14H19N3. The molecule has 0 spiro atoms. The molecule has 1 N–H and O–H groups in total. The highest BCUT2D eigenvalue weighted by Crippen LogP contribution is 2.16. The van der Waals surface area contributed by atoms with Gasteiger partial charge in [-0.25, -0.2) is 0 Å². The predicted molar refractivity (Wildman–Crippen MR) is 69.8 cm³/mol. The minimum atomic E-state index is 0.579. The molecule has 0 aliphatic carbocycles. The van der Waals surface area contributed by atoms with E-state index in [9.17, 15) is 0 Å². The summed E-state index contributed by atoms with van der Waals surface area (Å²) in [6.45, 7) is 3.13. The van der Waals surface area contributed by atoms with Crippen molar-refractivity contribution >= 4 is 5.69 Å². The Labute approximate surface area is 103 Å². The lowest BCUT2D eigenvalue weighted by molar-refractivity contribution is 0.223. The molecule has 1 fully saturated rings. The van der Waals surface area contributed by atoms with Crippen molar-refractivity contribution in [2.45, 2.75) is 25.3 Å². The van der Waals surface area contributed by atoms with E-state index in [2.05, 4.69) is 40.6 Å². The maximum Gasteiger partial charge on any atom is 0.0635 e. The number of benzene rings is 1. The van der Waals surface area contributed by atoms with Crippen LogP contribution >= 0.6 is 0 Å². The summed E-state index contributed by atoms with van der Waals surface area (Å²) in [5.41, 5.74) is 1.21. The van der Waals surface area contributed by atoms with E-state index < -0.39 is 0 Å². The summed E-state index contributed by atoms with van der Waals surface area (Å²) in [7, 11) is 0. The van der Waals surface area contributed by atoms with Gasteiger partial charge >= 0.3 is 0 Å². The molecule has 17 heavy (non-hydrogen) atoms. The van der Waals surface area contributed by atoms with E-state index in [-0.39, 0.29) is 0 Å². The van der Waals surface area contributed by atoms with Gasteiger partial charge in [-0.15, -0.1) is 0 Å². The van der Waals surface area contributed by atoms with Crippen LogP contribution in [0.1, 0.15) is 19.3 Å². The van der Waals surface area contributed by atoms with Crippen LogP contribution in [0.2, 0.25) is 0 Å². The van der Waals surface area contributed by atoms with Gasteiger partial charge in [-0.3, -0.25) is 0 Å².